The first-order chi connectivity index (χ1) is 17.3. The number of hydrogen-bond donors (Lipinski definition) is 1. The summed E-state index contributed by atoms with van der Waals surface area (Å²) in [4.78, 5) is 13.9. The number of carbonyl (C=O) groups is 1. The van der Waals surface area contributed by atoms with Gasteiger partial charge in [0.25, 0.3) is 5.91 Å². The number of rotatable bonds is 7. The largest absolute Gasteiger partial charge is 0.377 e. The lowest BCUT2D eigenvalue weighted by atomic mass is 9.77. The van der Waals surface area contributed by atoms with Gasteiger partial charge < -0.3 is 10.1 Å². The molecule has 2 aromatic carbocycles. The van der Waals surface area contributed by atoms with Gasteiger partial charge in [0.2, 0.25) is 0 Å². The summed E-state index contributed by atoms with van der Waals surface area (Å²) in [5, 5.41) is 9.34. The molecule has 36 heavy (non-hydrogen) atoms. The van der Waals surface area contributed by atoms with Crippen LogP contribution in [0, 0.1) is 11.3 Å². The molecule has 188 valence electrons. The summed E-state index contributed by atoms with van der Waals surface area (Å²) in [7, 11) is 0. The Morgan fingerprint density at radius 2 is 2.00 bits per heavy atom. The molecular weight excluding hydrogens is 561 g/mol. The SMILES string of the molecule is CCOCc1c(C(=O)NC23CCCC4(CC4C2)C3)nn(-c2ccc(Cl)cc2Cl)c1-c1ccc(Br)cc1. The van der Waals surface area contributed by atoms with Gasteiger partial charge >= 0.3 is 0 Å². The van der Waals surface area contributed by atoms with E-state index in [1.807, 2.05) is 37.3 Å². The van der Waals surface area contributed by atoms with E-state index in [-0.39, 0.29) is 18.1 Å². The highest BCUT2D eigenvalue weighted by Crippen LogP contribution is 2.72. The van der Waals surface area contributed by atoms with Gasteiger partial charge in [-0.3, -0.25) is 4.79 Å². The molecular formula is C28H28BrCl2N3O2. The highest BCUT2D eigenvalue weighted by molar-refractivity contribution is 9.10. The number of fused-ring (bicyclic) bond motifs is 1. The van der Waals surface area contributed by atoms with Crippen LogP contribution in [-0.4, -0.2) is 27.8 Å². The number of hydrogen-bond acceptors (Lipinski definition) is 3. The van der Waals surface area contributed by atoms with Crippen molar-refractivity contribution >= 4 is 45.0 Å². The van der Waals surface area contributed by atoms with E-state index in [1.165, 1.54) is 19.3 Å². The van der Waals surface area contributed by atoms with Gasteiger partial charge in [0.1, 0.15) is 0 Å². The molecule has 3 aliphatic carbocycles. The summed E-state index contributed by atoms with van der Waals surface area (Å²) in [5.41, 5.74) is 3.89. The lowest BCUT2D eigenvalue weighted by molar-refractivity contribution is 0.0848. The smallest absolute Gasteiger partial charge is 0.272 e. The van der Waals surface area contributed by atoms with Crippen LogP contribution in [-0.2, 0) is 11.3 Å². The van der Waals surface area contributed by atoms with Crippen LogP contribution >= 0.6 is 39.1 Å². The first kappa shape index (κ1) is 24.5. The minimum atomic E-state index is -0.134. The van der Waals surface area contributed by atoms with Crippen molar-refractivity contribution in [2.24, 2.45) is 11.3 Å². The number of nitrogens with zero attached hydrogens (tertiary/aromatic N) is 2. The second-order valence-corrected chi connectivity index (χ2v) is 12.3. The minimum absolute atomic E-state index is 0.111. The number of carbonyl (C=O) groups excluding carboxylic acids is 1. The van der Waals surface area contributed by atoms with Gasteiger partial charge in [-0.25, -0.2) is 4.68 Å². The zero-order valence-corrected chi connectivity index (χ0v) is 23.2. The first-order valence-electron chi connectivity index (χ1n) is 12.6. The molecule has 3 saturated carbocycles. The minimum Gasteiger partial charge on any atom is -0.377 e. The molecule has 1 heterocycles. The van der Waals surface area contributed by atoms with Crippen molar-refractivity contribution in [3.8, 4) is 16.9 Å². The van der Waals surface area contributed by atoms with Crippen LogP contribution in [0.2, 0.25) is 10.0 Å². The molecule has 3 atom stereocenters. The number of halogens is 3. The standard InChI is InChI=1S/C28H28BrCl2N3O2/c1-2-36-15-21-24(26(35)32-28-11-3-10-27(16-28)13-18(27)14-28)33-34(23-9-8-20(30)12-22(23)31)25(21)17-4-6-19(29)7-5-17/h4-9,12,18H,2-3,10-11,13-16H2,1H3,(H,32,35). The predicted molar refractivity (Wildman–Crippen MR) is 146 cm³/mol. The Hall–Kier alpha value is -1.86. The van der Waals surface area contributed by atoms with Gasteiger partial charge in [-0.15, -0.1) is 0 Å². The first-order valence-corrected chi connectivity index (χ1v) is 14.1. The lowest BCUT2D eigenvalue weighted by Gasteiger charge is -2.37. The van der Waals surface area contributed by atoms with Crippen LogP contribution in [0.25, 0.3) is 16.9 Å². The second-order valence-electron chi connectivity index (χ2n) is 10.6. The Bertz CT molecular complexity index is 1340. The summed E-state index contributed by atoms with van der Waals surface area (Å²) >= 11 is 16.3. The number of ether oxygens (including phenoxy) is 1. The van der Waals surface area contributed by atoms with E-state index >= 15 is 0 Å². The topological polar surface area (TPSA) is 56.1 Å². The van der Waals surface area contributed by atoms with Crippen molar-refractivity contribution in [1.29, 1.82) is 0 Å². The van der Waals surface area contributed by atoms with Crippen molar-refractivity contribution in [1.82, 2.24) is 15.1 Å². The number of amides is 1. The number of aromatic nitrogens is 2. The third-order valence-corrected chi connectivity index (χ3v) is 9.37. The van der Waals surface area contributed by atoms with E-state index in [9.17, 15) is 4.79 Å². The highest BCUT2D eigenvalue weighted by atomic mass is 79.9. The third-order valence-electron chi connectivity index (χ3n) is 8.30. The van der Waals surface area contributed by atoms with Gasteiger partial charge in [0.15, 0.2) is 5.69 Å². The normalized spacial score (nSPS) is 26.1. The van der Waals surface area contributed by atoms with Gasteiger partial charge in [-0.2, -0.15) is 5.10 Å². The monoisotopic (exact) mass is 587 g/mol. The second kappa shape index (κ2) is 9.16. The quantitative estimate of drug-likeness (QED) is 0.309. The molecule has 6 rings (SSSR count). The molecule has 3 aliphatic rings. The zero-order valence-electron chi connectivity index (χ0n) is 20.1. The summed E-state index contributed by atoms with van der Waals surface area (Å²) < 4.78 is 8.60. The van der Waals surface area contributed by atoms with E-state index in [2.05, 4.69) is 21.2 Å². The molecule has 3 aromatic rings. The fraction of sp³-hybridized carbons (Fsp3) is 0.429. The van der Waals surface area contributed by atoms with E-state index in [4.69, 9.17) is 33.0 Å². The van der Waals surface area contributed by atoms with Crippen LogP contribution in [0.4, 0.5) is 0 Å². The van der Waals surface area contributed by atoms with Gasteiger partial charge in [-0.05, 0) is 80.7 Å². The van der Waals surface area contributed by atoms with Crippen molar-refractivity contribution in [2.75, 3.05) is 6.61 Å². The summed E-state index contributed by atoms with van der Waals surface area (Å²) in [5.74, 6) is 0.636. The van der Waals surface area contributed by atoms with Crippen LogP contribution in [0.15, 0.2) is 46.9 Å². The van der Waals surface area contributed by atoms with Crippen molar-refractivity contribution < 1.29 is 9.53 Å². The van der Waals surface area contributed by atoms with Crippen molar-refractivity contribution in [3.05, 3.63) is 68.2 Å². The van der Waals surface area contributed by atoms with E-state index in [0.717, 1.165) is 46.5 Å². The highest BCUT2D eigenvalue weighted by Gasteiger charge is 2.66. The maximum atomic E-state index is 13.9. The van der Waals surface area contributed by atoms with E-state index in [1.54, 1.807) is 16.8 Å². The maximum Gasteiger partial charge on any atom is 0.272 e. The molecule has 3 unspecified atom stereocenters. The molecule has 2 bridgehead atoms. The van der Waals surface area contributed by atoms with Crippen LogP contribution < -0.4 is 5.32 Å². The molecule has 8 heteroatoms. The zero-order chi connectivity index (χ0) is 25.1. The third kappa shape index (κ3) is 4.20. The average molecular weight is 589 g/mol. The maximum absolute atomic E-state index is 13.9. The van der Waals surface area contributed by atoms with Crippen molar-refractivity contribution in [2.45, 2.75) is 57.6 Å². The Morgan fingerprint density at radius 1 is 1.19 bits per heavy atom. The number of nitrogens with one attached hydrogen (secondary N) is 1. The van der Waals surface area contributed by atoms with Crippen LogP contribution in [0.5, 0.6) is 0 Å². The molecule has 1 aromatic heterocycles. The molecule has 1 amide bonds. The van der Waals surface area contributed by atoms with Gasteiger partial charge in [-0.1, -0.05) is 57.7 Å². The molecule has 3 fully saturated rings. The Labute approximate surface area is 229 Å². The summed E-state index contributed by atoms with van der Waals surface area (Å²) in [6.07, 6.45) is 7.05. The van der Waals surface area contributed by atoms with E-state index in [0.29, 0.717) is 33.4 Å². The van der Waals surface area contributed by atoms with E-state index < -0.39 is 0 Å². The van der Waals surface area contributed by atoms with Gasteiger partial charge in [0.05, 0.1) is 23.0 Å². The lowest BCUT2D eigenvalue weighted by Crippen LogP contribution is -2.49. The van der Waals surface area contributed by atoms with Crippen molar-refractivity contribution in [3.63, 3.8) is 0 Å². The Morgan fingerprint density at radius 3 is 2.75 bits per heavy atom. The number of benzene rings is 2. The summed E-state index contributed by atoms with van der Waals surface area (Å²) in [6, 6.07) is 13.3. The fourth-order valence-electron chi connectivity index (χ4n) is 6.68. The van der Waals surface area contributed by atoms with Crippen LogP contribution in [0.1, 0.15) is 61.5 Å². The summed E-state index contributed by atoms with van der Waals surface area (Å²) in [6.45, 7) is 2.75. The molecule has 5 nitrogen and oxygen atoms in total. The Kier molecular flexibility index (Phi) is 6.23. The van der Waals surface area contributed by atoms with Crippen LogP contribution in [0.3, 0.4) is 0 Å². The molecule has 1 N–H and O–H groups in total. The van der Waals surface area contributed by atoms with Gasteiger partial charge in [0, 0.05) is 32.8 Å². The average Bonchev–Trinajstić information content (AvgIpc) is 3.23. The molecule has 0 aliphatic heterocycles. The molecule has 0 radical (unpaired) electrons. The molecule has 0 saturated heterocycles. The Balaban J connectivity index is 1.46. The molecule has 1 spiro atoms. The predicted octanol–water partition coefficient (Wildman–Crippen LogP) is 7.60. The fourth-order valence-corrected chi connectivity index (χ4v) is 7.43.